The molecule has 1 aromatic rings. The molecular weight excluding hydrogens is 246 g/mol. The van der Waals surface area contributed by atoms with Crippen LogP contribution in [0.5, 0.6) is 5.75 Å². The normalized spacial score (nSPS) is 24.1. The Balaban J connectivity index is 1.93. The number of nitrogens with one attached hydrogen (secondary N) is 1. The van der Waals surface area contributed by atoms with Crippen molar-refractivity contribution in [3.8, 4) is 5.75 Å². The van der Waals surface area contributed by atoms with Crippen molar-refractivity contribution in [2.24, 2.45) is 5.92 Å². The molecule has 0 aliphatic heterocycles. The highest BCUT2D eigenvalue weighted by atomic mass is 16.5. The van der Waals surface area contributed by atoms with E-state index in [1.54, 1.807) is 0 Å². The highest BCUT2D eigenvalue weighted by Crippen LogP contribution is 2.30. The molecule has 1 fully saturated rings. The zero-order chi connectivity index (χ0) is 14.5. The van der Waals surface area contributed by atoms with E-state index in [-0.39, 0.29) is 6.10 Å². The fourth-order valence-corrected chi connectivity index (χ4v) is 3.18. The molecule has 2 heteroatoms. The van der Waals surface area contributed by atoms with Crippen LogP contribution in [0.3, 0.4) is 0 Å². The van der Waals surface area contributed by atoms with Gasteiger partial charge in [-0.2, -0.15) is 0 Å². The molecule has 2 rings (SSSR count). The van der Waals surface area contributed by atoms with Crippen molar-refractivity contribution in [2.45, 2.75) is 71.6 Å². The Morgan fingerprint density at radius 2 is 2.05 bits per heavy atom. The second-order valence-corrected chi connectivity index (χ2v) is 6.41. The van der Waals surface area contributed by atoms with E-state index in [0.717, 1.165) is 11.7 Å². The number of hydrogen-bond donors (Lipinski definition) is 1. The van der Waals surface area contributed by atoms with Gasteiger partial charge in [-0.05, 0) is 63.6 Å². The Morgan fingerprint density at radius 3 is 2.70 bits per heavy atom. The van der Waals surface area contributed by atoms with E-state index >= 15 is 0 Å². The predicted octanol–water partition coefficient (Wildman–Crippen LogP) is 4.70. The molecule has 1 aliphatic rings. The fourth-order valence-electron chi connectivity index (χ4n) is 3.18. The van der Waals surface area contributed by atoms with Gasteiger partial charge >= 0.3 is 0 Å². The maximum atomic E-state index is 5.78. The number of rotatable bonds is 6. The van der Waals surface area contributed by atoms with Gasteiger partial charge in [0.1, 0.15) is 5.75 Å². The lowest BCUT2D eigenvalue weighted by Gasteiger charge is -2.21. The first-order valence-electron chi connectivity index (χ1n) is 8.11. The minimum atomic E-state index is 0.230. The molecule has 0 radical (unpaired) electrons. The second kappa shape index (κ2) is 7.12. The molecule has 0 aromatic heterocycles. The maximum absolute atomic E-state index is 5.78. The summed E-state index contributed by atoms with van der Waals surface area (Å²) in [6.07, 6.45) is 5.60. The third-order valence-corrected chi connectivity index (χ3v) is 4.33. The van der Waals surface area contributed by atoms with Gasteiger partial charge in [0.15, 0.2) is 0 Å². The van der Waals surface area contributed by atoms with E-state index in [2.05, 4.69) is 51.2 Å². The molecule has 3 atom stereocenters. The van der Waals surface area contributed by atoms with Crippen molar-refractivity contribution in [1.82, 2.24) is 5.32 Å². The predicted molar refractivity (Wildman–Crippen MR) is 85.2 cm³/mol. The summed E-state index contributed by atoms with van der Waals surface area (Å²) in [5.41, 5.74) is 1.32. The van der Waals surface area contributed by atoms with E-state index in [1.807, 2.05) is 6.07 Å². The molecule has 0 saturated heterocycles. The first kappa shape index (κ1) is 15.4. The summed E-state index contributed by atoms with van der Waals surface area (Å²) in [6, 6.07) is 9.57. The molecule has 1 aliphatic carbocycles. The fraction of sp³-hybridized carbons (Fsp3) is 0.667. The van der Waals surface area contributed by atoms with Crippen molar-refractivity contribution in [3.05, 3.63) is 29.8 Å². The average molecular weight is 275 g/mol. The third kappa shape index (κ3) is 4.24. The number of benzene rings is 1. The molecule has 1 aromatic carbocycles. The van der Waals surface area contributed by atoms with Gasteiger partial charge in [-0.1, -0.05) is 25.5 Å². The van der Waals surface area contributed by atoms with Gasteiger partial charge in [-0.15, -0.1) is 0 Å². The summed E-state index contributed by atoms with van der Waals surface area (Å²) in [7, 11) is 0. The van der Waals surface area contributed by atoms with Gasteiger partial charge in [-0.3, -0.25) is 0 Å². The molecule has 2 nitrogen and oxygen atoms in total. The lowest BCUT2D eigenvalue weighted by molar-refractivity contribution is 0.242. The van der Waals surface area contributed by atoms with Gasteiger partial charge in [0.2, 0.25) is 0 Å². The van der Waals surface area contributed by atoms with Crippen LogP contribution in [0.2, 0.25) is 0 Å². The molecular formula is C18H29NO. The largest absolute Gasteiger partial charge is 0.491 e. The van der Waals surface area contributed by atoms with Crippen LogP contribution >= 0.6 is 0 Å². The standard InChI is InChI=1S/C18H29NO/c1-5-15-9-10-17(11-15)19-14(4)16-7-6-8-18(12-16)20-13(2)3/h6-8,12-15,17,19H,5,9-11H2,1-4H3. The van der Waals surface area contributed by atoms with E-state index in [4.69, 9.17) is 4.74 Å². The van der Waals surface area contributed by atoms with Crippen LogP contribution in [-0.4, -0.2) is 12.1 Å². The molecule has 3 unspecified atom stereocenters. The van der Waals surface area contributed by atoms with Gasteiger partial charge in [0, 0.05) is 12.1 Å². The van der Waals surface area contributed by atoms with E-state index in [9.17, 15) is 0 Å². The summed E-state index contributed by atoms with van der Waals surface area (Å²) < 4.78 is 5.78. The highest BCUT2D eigenvalue weighted by molar-refractivity contribution is 5.30. The first-order chi connectivity index (χ1) is 9.58. The van der Waals surface area contributed by atoms with Crippen LogP contribution in [0.25, 0.3) is 0 Å². The summed E-state index contributed by atoms with van der Waals surface area (Å²) in [5.74, 6) is 1.90. The topological polar surface area (TPSA) is 21.3 Å². The molecule has 112 valence electrons. The zero-order valence-corrected chi connectivity index (χ0v) is 13.4. The summed E-state index contributed by atoms with van der Waals surface area (Å²) >= 11 is 0. The quantitative estimate of drug-likeness (QED) is 0.812. The van der Waals surface area contributed by atoms with Gasteiger partial charge < -0.3 is 10.1 Å². The Kier molecular flexibility index (Phi) is 5.47. The summed E-state index contributed by atoms with van der Waals surface area (Å²) in [4.78, 5) is 0. The van der Waals surface area contributed by atoms with Crippen LogP contribution in [0.1, 0.15) is 65.0 Å². The summed E-state index contributed by atoms with van der Waals surface area (Å²) in [6.45, 7) is 8.70. The maximum Gasteiger partial charge on any atom is 0.120 e. The molecule has 0 bridgehead atoms. The smallest absolute Gasteiger partial charge is 0.120 e. The average Bonchev–Trinajstić information content (AvgIpc) is 2.86. The molecule has 0 heterocycles. The van der Waals surface area contributed by atoms with E-state index < -0.39 is 0 Å². The molecule has 0 spiro atoms. The number of ether oxygens (including phenoxy) is 1. The van der Waals surface area contributed by atoms with Gasteiger partial charge in [0.05, 0.1) is 6.10 Å². The Labute approximate surface area is 123 Å². The minimum Gasteiger partial charge on any atom is -0.491 e. The minimum absolute atomic E-state index is 0.230. The molecule has 1 saturated carbocycles. The lowest BCUT2D eigenvalue weighted by atomic mass is 10.0. The van der Waals surface area contributed by atoms with Crippen LogP contribution in [0.15, 0.2) is 24.3 Å². The van der Waals surface area contributed by atoms with Crippen LogP contribution < -0.4 is 10.1 Å². The van der Waals surface area contributed by atoms with E-state index in [0.29, 0.717) is 12.1 Å². The Bertz CT molecular complexity index is 416. The molecule has 0 amide bonds. The van der Waals surface area contributed by atoms with Crippen LogP contribution in [0, 0.1) is 5.92 Å². The van der Waals surface area contributed by atoms with Crippen molar-refractivity contribution in [3.63, 3.8) is 0 Å². The first-order valence-corrected chi connectivity index (χ1v) is 8.11. The Hall–Kier alpha value is -1.02. The van der Waals surface area contributed by atoms with Crippen LogP contribution in [0.4, 0.5) is 0 Å². The monoisotopic (exact) mass is 275 g/mol. The highest BCUT2D eigenvalue weighted by Gasteiger charge is 2.24. The molecule has 1 N–H and O–H groups in total. The van der Waals surface area contributed by atoms with Crippen molar-refractivity contribution in [2.75, 3.05) is 0 Å². The van der Waals surface area contributed by atoms with E-state index in [1.165, 1.54) is 31.2 Å². The lowest BCUT2D eigenvalue weighted by Crippen LogP contribution is -2.29. The van der Waals surface area contributed by atoms with Crippen LogP contribution in [-0.2, 0) is 0 Å². The summed E-state index contributed by atoms with van der Waals surface area (Å²) in [5, 5.41) is 3.78. The van der Waals surface area contributed by atoms with Crippen molar-refractivity contribution >= 4 is 0 Å². The van der Waals surface area contributed by atoms with Gasteiger partial charge in [0.25, 0.3) is 0 Å². The van der Waals surface area contributed by atoms with Crippen molar-refractivity contribution in [1.29, 1.82) is 0 Å². The molecule has 20 heavy (non-hydrogen) atoms. The van der Waals surface area contributed by atoms with Crippen molar-refractivity contribution < 1.29 is 4.74 Å². The Morgan fingerprint density at radius 1 is 1.25 bits per heavy atom. The zero-order valence-electron chi connectivity index (χ0n) is 13.4. The third-order valence-electron chi connectivity index (χ3n) is 4.33. The number of hydrogen-bond acceptors (Lipinski definition) is 2. The second-order valence-electron chi connectivity index (χ2n) is 6.41. The van der Waals surface area contributed by atoms with Gasteiger partial charge in [-0.25, -0.2) is 0 Å². The SMILES string of the molecule is CCC1CCC(NC(C)c2cccc(OC(C)C)c2)C1.